The molecule has 4 nitrogen and oxygen atoms in total. The van der Waals surface area contributed by atoms with Crippen LogP contribution in [0.5, 0.6) is 11.5 Å². The number of hydrogen-bond donors (Lipinski definition) is 0. The first-order valence-corrected chi connectivity index (χ1v) is 17.1. The van der Waals surface area contributed by atoms with Crippen molar-refractivity contribution in [2.75, 3.05) is 0 Å². The minimum absolute atomic E-state index is 0.397. The molecule has 1 spiro atoms. The summed E-state index contributed by atoms with van der Waals surface area (Å²) >= 11 is 0. The molecular formula is C44H34BNO3. The van der Waals surface area contributed by atoms with E-state index >= 15 is 0 Å². The van der Waals surface area contributed by atoms with Crippen LogP contribution in [-0.4, -0.2) is 23.3 Å². The van der Waals surface area contributed by atoms with Crippen molar-refractivity contribution in [3.05, 3.63) is 156 Å². The lowest BCUT2D eigenvalue weighted by Gasteiger charge is -2.39. The highest BCUT2D eigenvalue weighted by atomic mass is 16.7. The van der Waals surface area contributed by atoms with Gasteiger partial charge in [-0.05, 0) is 91.1 Å². The predicted octanol–water partition coefficient (Wildman–Crippen LogP) is 9.82. The van der Waals surface area contributed by atoms with Gasteiger partial charge in [0.15, 0.2) is 0 Å². The molecule has 1 aliphatic carbocycles. The van der Waals surface area contributed by atoms with Gasteiger partial charge < -0.3 is 14.0 Å². The zero-order valence-electron chi connectivity index (χ0n) is 28.0. The Balaban J connectivity index is 1.24. The summed E-state index contributed by atoms with van der Waals surface area (Å²) in [6.45, 7) is 8.35. The molecule has 5 heteroatoms. The second-order valence-electron chi connectivity index (χ2n) is 14.5. The highest BCUT2D eigenvalue weighted by Gasteiger charge is 2.52. The number of nitrogens with zero attached hydrogens (tertiary/aromatic N) is 1. The highest BCUT2D eigenvalue weighted by molar-refractivity contribution is 6.62. The van der Waals surface area contributed by atoms with Gasteiger partial charge in [-0.25, -0.2) is 4.98 Å². The maximum atomic E-state index is 6.57. The molecule has 1 saturated heterocycles. The minimum Gasteiger partial charge on any atom is -0.457 e. The topological polar surface area (TPSA) is 40.6 Å². The van der Waals surface area contributed by atoms with Crippen molar-refractivity contribution < 1.29 is 14.0 Å². The van der Waals surface area contributed by atoms with Gasteiger partial charge in [0.2, 0.25) is 0 Å². The Kier molecular flexibility index (Phi) is 5.82. The maximum absolute atomic E-state index is 6.57. The molecule has 10 rings (SSSR count). The van der Waals surface area contributed by atoms with Gasteiger partial charge in [0.05, 0.1) is 27.8 Å². The van der Waals surface area contributed by atoms with E-state index < -0.39 is 23.7 Å². The van der Waals surface area contributed by atoms with Crippen LogP contribution >= 0.6 is 0 Å². The molecule has 0 atom stereocenters. The van der Waals surface area contributed by atoms with Crippen LogP contribution in [0.3, 0.4) is 0 Å². The molecule has 1 fully saturated rings. The fourth-order valence-electron chi connectivity index (χ4n) is 8.29. The van der Waals surface area contributed by atoms with E-state index in [-0.39, 0.29) is 0 Å². The highest BCUT2D eigenvalue weighted by Crippen LogP contribution is 2.62. The van der Waals surface area contributed by atoms with E-state index in [1.807, 2.05) is 0 Å². The van der Waals surface area contributed by atoms with E-state index in [1.54, 1.807) is 0 Å². The Morgan fingerprint density at radius 2 is 1.10 bits per heavy atom. The van der Waals surface area contributed by atoms with E-state index in [0.717, 1.165) is 55.6 Å². The first-order chi connectivity index (χ1) is 23.8. The third-order valence-corrected chi connectivity index (χ3v) is 11.4. The monoisotopic (exact) mass is 635 g/mol. The Morgan fingerprint density at radius 3 is 1.80 bits per heavy atom. The SMILES string of the molecule is CC1(C)OB(c2ccc(-c3nc4ccccc4c4cc5c(cc34)-c3ccccc3C53c4ccccc4Oc4ccccc43)cc2)OC1(C)C. The summed E-state index contributed by atoms with van der Waals surface area (Å²) < 4.78 is 19.3. The van der Waals surface area contributed by atoms with E-state index in [9.17, 15) is 0 Å². The van der Waals surface area contributed by atoms with E-state index in [4.69, 9.17) is 19.0 Å². The zero-order valence-corrected chi connectivity index (χ0v) is 28.0. The number of rotatable bonds is 2. The largest absolute Gasteiger partial charge is 0.494 e. The number of fused-ring (bicyclic) bond motifs is 12. The summed E-state index contributed by atoms with van der Waals surface area (Å²) in [6.07, 6.45) is 0. The normalized spacial score (nSPS) is 17.4. The van der Waals surface area contributed by atoms with E-state index in [1.165, 1.54) is 27.6 Å². The summed E-state index contributed by atoms with van der Waals surface area (Å²) in [6, 6.07) is 47.8. The van der Waals surface area contributed by atoms with Crippen LogP contribution in [0.15, 0.2) is 133 Å². The zero-order chi connectivity index (χ0) is 33.1. The first kappa shape index (κ1) is 28.8. The van der Waals surface area contributed by atoms with Gasteiger partial charge in [0.1, 0.15) is 11.5 Å². The lowest BCUT2D eigenvalue weighted by Crippen LogP contribution is -2.41. The molecule has 236 valence electrons. The van der Waals surface area contributed by atoms with Crippen LogP contribution in [0.1, 0.15) is 49.9 Å². The van der Waals surface area contributed by atoms with Crippen molar-refractivity contribution in [3.8, 4) is 33.9 Å². The number of aromatic nitrogens is 1. The molecule has 0 radical (unpaired) electrons. The van der Waals surface area contributed by atoms with Gasteiger partial charge in [-0.2, -0.15) is 0 Å². The third kappa shape index (κ3) is 3.86. The maximum Gasteiger partial charge on any atom is 0.494 e. The Morgan fingerprint density at radius 1 is 0.510 bits per heavy atom. The molecule has 1 aromatic heterocycles. The van der Waals surface area contributed by atoms with Gasteiger partial charge in [0, 0.05) is 27.5 Å². The third-order valence-electron chi connectivity index (χ3n) is 11.4. The second kappa shape index (κ2) is 9.91. The number of para-hydroxylation sites is 3. The van der Waals surface area contributed by atoms with Crippen molar-refractivity contribution in [1.82, 2.24) is 4.98 Å². The number of benzene rings is 6. The molecule has 0 bridgehead atoms. The van der Waals surface area contributed by atoms with Gasteiger partial charge in [-0.15, -0.1) is 0 Å². The van der Waals surface area contributed by atoms with Crippen LogP contribution in [0.2, 0.25) is 0 Å². The van der Waals surface area contributed by atoms with E-state index in [2.05, 4.69) is 161 Å². The number of ether oxygens (including phenoxy) is 1. The first-order valence-electron chi connectivity index (χ1n) is 17.1. The lowest BCUT2D eigenvalue weighted by molar-refractivity contribution is 0.00578. The molecule has 0 N–H and O–H groups in total. The summed E-state index contributed by atoms with van der Waals surface area (Å²) in [5.74, 6) is 1.79. The smallest absolute Gasteiger partial charge is 0.457 e. The molecule has 3 heterocycles. The average molecular weight is 636 g/mol. The molecule has 7 aromatic rings. The molecular weight excluding hydrogens is 601 g/mol. The van der Waals surface area contributed by atoms with E-state index in [0.29, 0.717) is 0 Å². The van der Waals surface area contributed by atoms with Crippen LogP contribution in [0.25, 0.3) is 44.1 Å². The summed E-state index contributed by atoms with van der Waals surface area (Å²) in [5.41, 5.74) is 9.99. The van der Waals surface area contributed by atoms with Gasteiger partial charge >= 0.3 is 7.12 Å². The molecule has 0 amide bonds. The van der Waals surface area contributed by atoms with Crippen LogP contribution in [-0.2, 0) is 14.7 Å². The van der Waals surface area contributed by atoms with Crippen LogP contribution < -0.4 is 10.2 Å². The number of hydrogen-bond acceptors (Lipinski definition) is 4. The fraction of sp³-hybridized carbons (Fsp3) is 0.159. The van der Waals surface area contributed by atoms with Crippen molar-refractivity contribution in [2.45, 2.75) is 44.3 Å². The van der Waals surface area contributed by atoms with Gasteiger partial charge in [-0.3, -0.25) is 0 Å². The van der Waals surface area contributed by atoms with Crippen molar-refractivity contribution in [3.63, 3.8) is 0 Å². The van der Waals surface area contributed by atoms with Crippen molar-refractivity contribution in [2.24, 2.45) is 0 Å². The molecule has 49 heavy (non-hydrogen) atoms. The predicted molar refractivity (Wildman–Crippen MR) is 198 cm³/mol. The number of pyridine rings is 1. The molecule has 6 aromatic carbocycles. The summed E-state index contributed by atoms with van der Waals surface area (Å²) in [5, 5.41) is 3.45. The average Bonchev–Trinajstić information content (AvgIpc) is 3.53. The molecule has 0 unspecified atom stereocenters. The van der Waals surface area contributed by atoms with Gasteiger partial charge in [-0.1, -0.05) is 103 Å². The molecule has 0 saturated carbocycles. The fourth-order valence-corrected chi connectivity index (χ4v) is 8.29. The molecule has 3 aliphatic rings. The standard InChI is InChI=1S/C44H34BNO3/c1-42(2)43(3,4)49-45(48-42)28-23-21-27(22-24-28)41-33-25-32-29-13-5-7-15-34(29)44(37(32)26-31(33)30-14-6-10-18-38(30)46-41)35-16-8-11-19-39(35)47-40-20-12-9-17-36(40)44/h5-26H,1-4H3. The quantitative estimate of drug-likeness (QED) is 0.140. The summed E-state index contributed by atoms with van der Waals surface area (Å²) in [4.78, 5) is 5.32. The van der Waals surface area contributed by atoms with Gasteiger partial charge in [0.25, 0.3) is 0 Å². The summed E-state index contributed by atoms with van der Waals surface area (Å²) in [7, 11) is -0.415. The molecule has 2 aliphatic heterocycles. The van der Waals surface area contributed by atoms with Crippen molar-refractivity contribution >= 4 is 34.3 Å². The Bertz CT molecular complexity index is 2440. The Labute approximate surface area is 286 Å². The lowest BCUT2D eigenvalue weighted by atomic mass is 9.66. The second-order valence-corrected chi connectivity index (χ2v) is 14.5. The van der Waals surface area contributed by atoms with Crippen LogP contribution in [0.4, 0.5) is 0 Å². The Hall–Kier alpha value is -5.23. The van der Waals surface area contributed by atoms with Crippen molar-refractivity contribution in [1.29, 1.82) is 0 Å². The minimum atomic E-state index is -0.527. The van der Waals surface area contributed by atoms with Crippen LogP contribution in [0, 0.1) is 0 Å².